The summed E-state index contributed by atoms with van der Waals surface area (Å²) in [7, 11) is 0. The number of benzene rings is 1. The second-order valence-electron chi connectivity index (χ2n) is 9.17. The van der Waals surface area contributed by atoms with Crippen molar-refractivity contribution in [2.75, 3.05) is 24.5 Å². The van der Waals surface area contributed by atoms with Gasteiger partial charge in [-0.15, -0.1) is 0 Å². The molecule has 0 saturated carbocycles. The highest BCUT2D eigenvalue weighted by atomic mass is 32.2. The molecule has 10 heteroatoms. The number of amides is 2. The number of nitrogens with zero attached hydrogens (tertiary/aromatic N) is 4. The lowest BCUT2D eigenvalue weighted by Crippen LogP contribution is -2.44. The first kappa shape index (κ1) is 23.4. The molecular weight excluding hydrogens is 467 g/mol. The molecule has 3 aromatic rings. The standard InChI is InChI=1S/C25H25FN6O2S/c1-25(15-27-14-19-4-2-16-12-17(26)3-5-20(16)29-19)7-10-32(11-8-25)23-28-9-6-18(30-23)13-21-22(33)31-24(34)35-21/h2-6,9,12-13,27H,7-8,10-11,14-15H2,1H3,(H,31,33,34). The number of anilines is 1. The Kier molecular flexibility index (Phi) is 6.48. The maximum Gasteiger partial charge on any atom is 0.290 e. The van der Waals surface area contributed by atoms with Gasteiger partial charge >= 0.3 is 0 Å². The third-order valence-corrected chi connectivity index (χ3v) is 7.22. The number of carbonyl (C=O) groups is 2. The summed E-state index contributed by atoms with van der Waals surface area (Å²) in [5, 5.41) is 6.22. The smallest absolute Gasteiger partial charge is 0.290 e. The maximum absolute atomic E-state index is 13.4. The molecule has 180 valence electrons. The number of carbonyl (C=O) groups excluding carboxylic acids is 2. The van der Waals surface area contributed by atoms with Gasteiger partial charge in [-0.25, -0.2) is 14.4 Å². The average Bonchev–Trinajstić information content (AvgIpc) is 3.16. The molecule has 0 aliphatic carbocycles. The predicted molar refractivity (Wildman–Crippen MR) is 134 cm³/mol. The van der Waals surface area contributed by atoms with Gasteiger partial charge in [-0.2, -0.15) is 0 Å². The van der Waals surface area contributed by atoms with Crippen LogP contribution in [0.3, 0.4) is 0 Å². The Morgan fingerprint density at radius 3 is 2.77 bits per heavy atom. The van der Waals surface area contributed by atoms with Gasteiger partial charge < -0.3 is 10.2 Å². The van der Waals surface area contributed by atoms with Crippen molar-refractivity contribution >= 4 is 45.8 Å². The molecule has 2 saturated heterocycles. The molecule has 1 aromatic carbocycles. The van der Waals surface area contributed by atoms with Crippen LogP contribution in [-0.2, 0) is 11.3 Å². The van der Waals surface area contributed by atoms with E-state index < -0.39 is 5.91 Å². The van der Waals surface area contributed by atoms with Gasteiger partial charge in [0.05, 0.1) is 21.8 Å². The van der Waals surface area contributed by atoms with E-state index in [0.29, 0.717) is 23.1 Å². The van der Waals surface area contributed by atoms with Crippen LogP contribution in [0, 0.1) is 11.2 Å². The number of fused-ring (bicyclic) bond motifs is 1. The number of thioether (sulfide) groups is 1. The van der Waals surface area contributed by atoms with Crippen molar-refractivity contribution in [2.45, 2.75) is 26.3 Å². The minimum Gasteiger partial charge on any atom is -0.341 e. The summed E-state index contributed by atoms with van der Waals surface area (Å²) >= 11 is 0.878. The molecule has 2 aliphatic rings. The monoisotopic (exact) mass is 492 g/mol. The molecule has 0 radical (unpaired) electrons. The summed E-state index contributed by atoms with van der Waals surface area (Å²) < 4.78 is 13.4. The largest absolute Gasteiger partial charge is 0.341 e. The Balaban J connectivity index is 1.16. The quantitative estimate of drug-likeness (QED) is 0.500. The van der Waals surface area contributed by atoms with E-state index in [2.05, 4.69) is 37.4 Å². The number of hydrogen-bond acceptors (Lipinski definition) is 8. The number of piperidine rings is 1. The summed E-state index contributed by atoms with van der Waals surface area (Å²) in [6.07, 6.45) is 5.25. The van der Waals surface area contributed by atoms with E-state index in [1.165, 1.54) is 12.1 Å². The second kappa shape index (κ2) is 9.71. The van der Waals surface area contributed by atoms with Gasteiger partial charge in [0.2, 0.25) is 5.95 Å². The van der Waals surface area contributed by atoms with E-state index >= 15 is 0 Å². The van der Waals surface area contributed by atoms with E-state index in [1.54, 1.807) is 24.4 Å². The molecule has 2 N–H and O–H groups in total. The first-order chi connectivity index (χ1) is 16.9. The highest BCUT2D eigenvalue weighted by molar-refractivity contribution is 8.18. The molecule has 35 heavy (non-hydrogen) atoms. The lowest BCUT2D eigenvalue weighted by molar-refractivity contribution is -0.115. The maximum atomic E-state index is 13.4. The van der Waals surface area contributed by atoms with E-state index in [0.717, 1.165) is 60.8 Å². The van der Waals surface area contributed by atoms with E-state index in [-0.39, 0.29) is 16.5 Å². The normalized spacial score (nSPS) is 18.9. The number of halogens is 1. The van der Waals surface area contributed by atoms with Gasteiger partial charge in [0, 0.05) is 37.8 Å². The highest BCUT2D eigenvalue weighted by Crippen LogP contribution is 2.32. The molecule has 0 atom stereocenters. The number of hydrogen-bond donors (Lipinski definition) is 2. The van der Waals surface area contributed by atoms with Crippen molar-refractivity contribution in [1.82, 2.24) is 25.6 Å². The minimum absolute atomic E-state index is 0.134. The lowest BCUT2D eigenvalue weighted by Gasteiger charge is -2.39. The van der Waals surface area contributed by atoms with Gasteiger partial charge in [0.15, 0.2) is 0 Å². The third-order valence-electron chi connectivity index (χ3n) is 6.41. The van der Waals surface area contributed by atoms with Crippen molar-refractivity contribution in [3.8, 4) is 0 Å². The molecule has 5 rings (SSSR count). The Bertz CT molecular complexity index is 1320. The molecule has 0 unspecified atom stereocenters. The fourth-order valence-electron chi connectivity index (χ4n) is 4.30. The minimum atomic E-state index is -0.394. The molecule has 2 fully saturated rings. The molecule has 2 amide bonds. The van der Waals surface area contributed by atoms with Crippen molar-refractivity contribution < 1.29 is 14.0 Å². The van der Waals surface area contributed by atoms with Crippen molar-refractivity contribution in [3.05, 3.63) is 64.7 Å². The van der Waals surface area contributed by atoms with Crippen LogP contribution in [0.15, 0.2) is 47.5 Å². The SMILES string of the molecule is CC1(CNCc2ccc3cc(F)ccc3n2)CCN(c2nccc(C=C3SC(=O)NC3=O)n2)CC1. The van der Waals surface area contributed by atoms with Crippen molar-refractivity contribution in [1.29, 1.82) is 0 Å². The first-order valence-electron chi connectivity index (χ1n) is 11.5. The molecule has 0 bridgehead atoms. The van der Waals surface area contributed by atoms with Crippen LogP contribution in [0.4, 0.5) is 15.1 Å². The van der Waals surface area contributed by atoms with Gasteiger partial charge in [0.25, 0.3) is 11.1 Å². The Morgan fingerprint density at radius 2 is 2.00 bits per heavy atom. The molecule has 0 spiro atoms. The topological polar surface area (TPSA) is 100 Å². The fourth-order valence-corrected chi connectivity index (χ4v) is 4.97. The summed E-state index contributed by atoms with van der Waals surface area (Å²) in [6.45, 7) is 5.44. The Hall–Kier alpha value is -3.37. The zero-order chi connectivity index (χ0) is 24.4. The van der Waals surface area contributed by atoms with Crippen LogP contribution in [0.1, 0.15) is 31.2 Å². The molecule has 4 heterocycles. The summed E-state index contributed by atoms with van der Waals surface area (Å²) in [5.74, 6) is -0.0228. The van der Waals surface area contributed by atoms with Crippen molar-refractivity contribution in [2.24, 2.45) is 5.41 Å². The van der Waals surface area contributed by atoms with Crippen LogP contribution >= 0.6 is 11.8 Å². The van der Waals surface area contributed by atoms with Crippen LogP contribution in [0.5, 0.6) is 0 Å². The third kappa shape index (κ3) is 5.49. The number of pyridine rings is 1. The second-order valence-corrected chi connectivity index (χ2v) is 10.2. The first-order valence-corrected chi connectivity index (χ1v) is 12.3. The van der Waals surface area contributed by atoms with Crippen LogP contribution in [0.25, 0.3) is 17.0 Å². The Labute approximate surface area is 206 Å². The molecule has 2 aliphatic heterocycles. The van der Waals surface area contributed by atoms with Crippen LogP contribution in [0.2, 0.25) is 0 Å². The van der Waals surface area contributed by atoms with Gasteiger partial charge in [-0.3, -0.25) is 19.9 Å². The van der Waals surface area contributed by atoms with Crippen molar-refractivity contribution in [3.63, 3.8) is 0 Å². The lowest BCUT2D eigenvalue weighted by atomic mass is 9.80. The number of imide groups is 1. The van der Waals surface area contributed by atoms with E-state index in [1.807, 2.05) is 12.1 Å². The van der Waals surface area contributed by atoms with Crippen LogP contribution in [-0.4, -0.2) is 45.7 Å². The van der Waals surface area contributed by atoms with E-state index in [9.17, 15) is 14.0 Å². The average molecular weight is 493 g/mol. The zero-order valence-corrected chi connectivity index (χ0v) is 20.1. The van der Waals surface area contributed by atoms with Crippen LogP contribution < -0.4 is 15.5 Å². The van der Waals surface area contributed by atoms with Gasteiger partial charge in [-0.05, 0) is 66.4 Å². The van der Waals surface area contributed by atoms with Gasteiger partial charge in [0.1, 0.15) is 5.82 Å². The predicted octanol–water partition coefficient (Wildman–Crippen LogP) is 3.88. The number of aromatic nitrogens is 3. The zero-order valence-electron chi connectivity index (χ0n) is 19.3. The van der Waals surface area contributed by atoms with Gasteiger partial charge in [-0.1, -0.05) is 13.0 Å². The Morgan fingerprint density at radius 1 is 1.17 bits per heavy atom. The number of rotatable bonds is 6. The molecule has 2 aromatic heterocycles. The highest BCUT2D eigenvalue weighted by Gasteiger charge is 2.31. The number of nitrogens with one attached hydrogen (secondary N) is 2. The summed E-state index contributed by atoms with van der Waals surface area (Å²) in [4.78, 5) is 39.3. The molecule has 8 nitrogen and oxygen atoms in total. The summed E-state index contributed by atoms with van der Waals surface area (Å²) in [6, 6.07) is 10.2. The molecular formula is C25H25FN6O2S. The fraction of sp³-hybridized carbons (Fsp3) is 0.320. The van der Waals surface area contributed by atoms with E-state index in [4.69, 9.17) is 0 Å². The summed E-state index contributed by atoms with van der Waals surface area (Å²) in [5.41, 5.74) is 2.46.